The van der Waals surface area contributed by atoms with Crippen LogP contribution in [0.3, 0.4) is 0 Å². The van der Waals surface area contributed by atoms with Crippen LogP contribution in [0.25, 0.3) is 0 Å². The predicted molar refractivity (Wildman–Crippen MR) is 115 cm³/mol. The molecule has 0 aliphatic carbocycles. The number of carbonyl (C=O) groups excluding carboxylic acids is 3. The van der Waals surface area contributed by atoms with Gasteiger partial charge < -0.3 is 14.4 Å². The monoisotopic (exact) mass is 466 g/mol. The summed E-state index contributed by atoms with van der Waals surface area (Å²) in [6.07, 6.45) is 1.72. The smallest absolute Gasteiger partial charge is 0.338 e. The van der Waals surface area contributed by atoms with Gasteiger partial charge in [-0.1, -0.05) is 0 Å². The number of carbonyl (C=O) groups is 3. The van der Waals surface area contributed by atoms with E-state index in [1.165, 1.54) is 35.5 Å². The van der Waals surface area contributed by atoms with Gasteiger partial charge in [0, 0.05) is 26.2 Å². The number of sulfonamides is 1. The molecule has 2 aliphatic rings. The molecule has 0 spiro atoms. The zero-order valence-corrected chi connectivity index (χ0v) is 19.3. The van der Waals surface area contributed by atoms with Crippen LogP contribution in [-0.2, 0) is 29.1 Å². The Labute approximate surface area is 188 Å². The summed E-state index contributed by atoms with van der Waals surface area (Å²) >= 11 is 0. The lowest BCUT2D eigenvalue weighted by Crippen LogP contribution is -2.45. The summed E-state index contributed by atoms with van der Waals surface area (Å²) in [4.78, 5) is 38.7. The predicted octanol–water partition coefficient (Wildman–Crippen LogP) is 1.82. The Morgan fingerprint density at radius 1 is 1.03 bits per heavy atom. The molecule has 2 heterocycles. The van der Waals surface area contributed by atoms with Crippen molar-refractivity contribution in [3.05, 3.63) is 29.8 Å². The van der Waals surface area contributed by atoms with Crippen LogP contribution in [-0.4, -0.2) is 74.4 Å². The highest BCUT2D eigenvalue weighted by Crippen LogP contribution is 2.22. The topological polar surface area (TPSA) is 110 Å². The van der Waals surface area contributed by atoms with E-state index in [2.05, 4.69) is 0 Å². The first-order valence-electron chi connectivity index (χ1n) is 11.0. The van der Waals surface area contributed by atoms with Crippen LogP contribution in [0.5, 0.6) is 0 Å². The van der Waals surface area contributed by atoms with Crippen LogP contribution in [0.2, 0.25) is 0 Å². The van der Waals surface area contributed by atoms with E-state index in [0.29, 0.717) is 45.6 Å². The van der Waals surface area contributed by atoms with Crippen molar-refractivity contribution in [3.8, 4) is 0 Å². The second kappa shape index (κ2) is 10.4. The second-order valence-corrected chi connectivity index (χ2v) is 9.97. The lowest BCUT2D eigenvalue weighted by atomic mass is 9.97. The van der Waals surface area contributed by atoms with Gasteiger partial charge in [0.05, 0.1) is 23.0 Å². The molecule has 10 heteroatoms. The molecule has 0 aromatic heterocycles. The number of piperidine rings is 1. The third-order valence-corrected chi connectivity index (χ3v) is 7.76. The van der Waals surface area contributed by atoms with Gasteiger partial charge in [-0.2, -0.15) is 4.31 Å². The maximum atomic E-state index is 12.6. The van der Waals surface area contributed by atoms with Crippen molar-refractivity contribution in [1.29, 1.82) is 0 Å². The molecule has 9 nitrogen and oxygen atoms in total. The molecule has 1 amide bonds. The average molecular weight is 467 g/mol. The Balaban J connectivity index is 1.54. The van der Waals surface area contributed by atoms with E-state index in [9.17, 15) is 22.8 Å². The summed E-state index contributed by atoms with van der Waals surface area (Å²) in [6, 6.07) is 5.56. The first-order valence-corrected chi connectivity index (χ1v) is 12.4. The van der Waals surface area contributed by atoms with Crippen molar-refractivity contribution in [2.24, 2.45) is 5.92 Å². The molecule has 3 rings (SSSR count). The number of hydrogen-bond donors (Lipinski definition) is 0. The molecule has 2 saturated heterocycles. The molecule has 32 heavy (non-hydrogen) atoms. The summed E-state index contributed by atoms with van der Waals surface area (Å²) in [5.41, 5.74) is 0.172. The number of hydrogen-bond acceptors (Lipinski definition) is 7. The molecule has 0 N–H and O–H groups in total. The summed E-state index contributed by atoms with van der Waals surface area (Å²) in [7, 11) is -3.56. The summed E-state index contributed by atoms with van der Waals surface area (Å²) in [6.45, 7) is 5.39. The highest BCUT2D eigenvalue weighted by Gasteiger charge is 2.32. The molecular weight excluding hydrogens is 436 g/mol. The maximum Gasteiger partial charge on any atom is 0.338 e. The first kappa shape index (κ1) is 24.2. The van der Waals surface area contributed by atoms with Gasteiger partial charge in [-0.25, -0.2) is 13.2 Å². The van der Waals surface area contributed by atoms with Gasteiger partial charge in [0.25, 0.3) is 5.91 Å². The number of rotatable bonds is 7. The van der Waals surface area contributed by atoms with E-state index in [-0.39, 0.29) is 28.3 Å². The molecular formula is C22H30N2O7S. The molecule has 0 bridgehead atoms. The van der Waals surface area contributed by atoms with Crippen LogP contribution >= 0.6 is 0 Å². The van der Waals surface area contributed by atoms with Crippen LogP contribution in [0.15, 0.2) is 29.2 Å². The molecule has 2 fully saturated rings. The van der Waals surface area contributed by atoms with Crippen molar-refractivity contribution < 1.29 is 32.3 Å². The third-order valence-electron chi connectivity index (χ3n) is 5.85. The Kier molecular flexibility index (Phi) is 7.89. The number of ether oxygens (including phenoxy) is 2. The van der Waals surface area contributed by atoms with E-state index >= 15 is 0 Å². The molecule has 0 radical (unpaired) electrons. The molecule has 1 atom stereocenters. The fourth-order valence-electron chi connectivity index (χ4n) is 3.97. The minimum absolute atomic E-state index is 0.129. The van der Waals surface area contributed by atoms with Gasteiger partial charge in [0.1, 0.15) is 0 Å². The molecule has 1 aromatic carbocycles. The highest BCUT2D eigenvalue weighted by atomic mass is 32.2. The Hall–Kier alpha value is -2.46. The van der Waals surface area contributed by atoms with Crippen LogP contribution in [0.4, 0.5) is 0 Å². The van der Waals surface area contributed by atoms with Gasteiger partial charge >= 0.3 is 11.9 Å². The summed E-state index contributed by atoms with van der Waals surface area (Å²) in [5, 5.41) is 0. The highest BCUT2D eigenvalue weighted by molar-refractivity contribution is 7.89. The van der Waals surface area contributed by atoms with Crippen molar-refractivity contribution in [2.75, 3.05) is 32.8 Å². The quantitative estimate of drug-likeness (QED) is 0.564. The lowest BCUT2D eigenvalue weighted by molar-refractivity contribution is -0.152. The van der Waals surface area contributed by atoms with Crippen LogP contribution in [0, 0.1) is 5.92 Å². The van der Waals surface area contributed by atoms with Crippen molar-refractivity contribution in [2.45, 2.75) is 50.5 Å². The zero-order valence-electron chi connectivity index (χ0n) is 18.5. The third kappa shape index (κ3) is 5.47. The van der Waals surface area contributed by atoms with E-state index in [0.717, 1.165) is 12.8 Å². The molecule has 1 aromatic rings. The Morgan fingerprint density at radius 2 is 1.62 bits per heavy atom. The minimum Gasteiger partial charge on any atom is -0.466 e. The summed E-state index contributed by atoms with van der Waals surface area (Å²) in [5.74, 6) is -1.48. The zero-order chi connectivity index (χ0) is 23.3. The van der Waals surface area contributed by atoms with Gasteiger partial charge in [0.2, 0.25) is 10.0 Å². The van der Waals surface area contributed by atoms with E-state index in [1.54, 1.807) is 11.8 Å². The standard InChI is InChI=1S/C22H30N2O7S/c1-3-30-21(26)18-10-14-23(15-11-18)20(25)16(2)31-22(27)17-6-8-19(9-7-17)32(28,29)24-12-4-5-13-24/h6-9,16,18H,3-5,10-15H2,1-2H3/t16-/m0/s1. The van der Waals surface area contributed by atoms with Crippen LogP contribution in [0.1, 0.15) is 49.9 Å². The minimum atomic E-state index is -3.56. The lowest BCUT2D eigenvalue weighted by Gasteiger charge is -2.32. The van der Waals surface area contributed by atoms with Crippen LogP contribution < -0.4 is 0 Å². The number of amides is 1. The number of likely N-dealkylation sites (tertiary alicyclic amines) is 1. The average Bonchev–Trinajstić information content (AvgIpc) is 3.35. The number of benzene rings is 1. The van der Waals surface area contributed by atoms with Gasteiger partial charge in [-0.05, 0) is 63.8 Å². The molecule has 176 valence electrons. The largest absolute Gasteiger partial charge is 0.466 e. The van der Waals surface area contributed by atoms with Crippen molar-refractivity contribution in [1.82, 2.24) is 9.21 Å². The molecule has 0 saturated carbocycles. The van der Waals surface area contributed by atoms with E-state index in [4.69, 9.17) is 9.47 Å². The fraction of sp³-hybridized carbons (Fsp3) is 0.591. The van der Waals surface area contributed by atoms with E-state index < -0.39 is 22.1 Å². The van der Waals surface area contributed by atoms with Gasteiger partial charge in [-0.15, -0.1) is 0 Å². The second-order valence-electron chi connectivity index (χ2n) is 8.03. The van der Waals surface area contributed by atoms with Gasteiger partial charge in [-0.3, -0.25) is 9.59 Å². The van der Waals surface area contributed by atoms with Crippen molar-refractivity contribution in [3.63, 3.8) is 0 Å². The Bertz CT molecular complexity index is 932. The van der Waals surface area contributed by atoms with Gasteiger partial charge in [0.15, 0.2) is 6.10 Å². The molecule has 2 aliphatic heterocycles. The number of nitrogens with zero attached hydrogens (tertiary/aromatic N) is 2. The normalized spacial score (nSPS) is 18.9. The Morgan fingerprint density at radius 3 is 2.19 bits per heavy atom. The molecule has 0 unspecified atom stereocenters. The summed E-state index contributed by atoms with van der Waals surface area (Å²) < 4.78 is 37.0. The SMILES string of the molecule is CCOC(=O)C1CCN(C(=O)[C@H](C)OC(=O)c2ccc(S(=O)(=O)N3CCCC3)cc2)CC1. The van der Waals surface area contributed by atoms with E-state index in [1.807, 2.05) is 0 Å². The maximum absolute atomic E-state index is 12.6. The van der Waals surface area contributed by atoms with Crippen molar-refractivity contribution >= 4 is 27.9 Å². The number of esters is 2. The first-order chi connectivity index (χ1) is 15.2. The fourth-order valence-corrected chi connectivity index (χ4v) is 5.49.